The van der Waals surface area contributed by atoms with Crippen molar-refractivity contribution < 1.29 is 19.0 Å². The van der Waals surface area contributed by atoms with E-state index in [4.69, 9.17) is 14.2 Å². The van der Waals surface area contributed by atoms with E-state index >= 15 is 0 Å². The van der Waals surface area contributed by atoms with E-state index in [1.54, 1.807) is 19.2 Å². The van der Waals surface area contributed by atoms with Crippen molar-refractivity contribution in [3.8, 4) is 17.2 Å². The smallest absolute Gasteiger partial charge is 0.230 e. The Bertz CT molecular complexity index is 731. The quantitative estimate of drug-likeness (QED) is 0.774. The van der Waals surface area contributed by atoms with Crippen LogP contribution in [0.25, 0.3) is 0 Å². The fourth-order valence-electron chi connectivity index (χ4n) is 2.37. The van der Waals surface area contributed by atoms with Crippen molar-refractivity contribution in [2.45, 2.75) is 26.7 Å². The lowest BCUT2D eigenvalue weighted by Gasteiger charge is -2.15. The van der Waals surface area contributed by atoms with Crippen molar-refractivity contribution in [1.82, 2.24) is 10.2 Å². The molecule has 136 valence electrons. The first-order valence-electron chi connectivity index (χ1n) is 7.88. The van der Waals surface area contributed by atoms with Gasteiger partial charge in [-0.1, -0.05) is 31.3 Å². The highest BCUT2D eigenvalue weighted by atomic mass is 32.1. The first-order chi connectivity index (χ1) is 12.0. The molecule has 1 aromatic carbocycles. The van der Waals surface area contributed by atoms with Crippen LogP contribution in [0.5, 0.6) is 17.2 Å². The summed E-state index contributed by atoms with van der Waals surface area (Å²) in [5.41, 5.74) is 0.699. The summed E-state index contributed by atoms with van der Waals surface area (Å²) in [7, 11) is 4.61. The fraction of sp³-hybridized carbons (Fsp3) is 0.471. The Hall–Kier alpha value is -2.35. The van der Waals surface area contributed by atoms with Gasteiger partial charge in [0.2, 0.25) is 16.8 Å². The van der Waals surface area contributed by atoms with Crippen molar-refractivity contribution in [2.75, 3.05) is 26.6 Å². The molecular weight excluding hydrogens is 342 g/mol. The summed E-state index contributed by atoms with van der Waals surface area (Å²) < 4.78 is 16.0. The van der Waals surface area contributed by atoms with E-state index < -0.39 is 0 Å². The van der Waals surface area contributed by atoms with Crippen LogP contribution < -0.4 is 19.5 Å². The highest BCUT2D eigenvalue weighted by Crippen LogP contribution is 2.39. The van der Waals surface area contributed by atoms with Gasteiger partial charge in [0.15, 0.2) is 11.5 Å². The number of carbonyl (C=O) groups is 1. The van der Waals surface area contributed by atoms with Crippen molar-refractivity contribution in [3.63, 3.8) is 0 Å². The minimum Gasteiger partial charge on any atom is -0.493 e. The topological polar surface area (TPSA) is 82.6 Å². The minimum absolute atomic E-state index is 0.128. The number of ether oxygens (including phenoxy) is 3. The Morgan fingerprint density at radius 1 is 1.12 bits per heavy atom. The molecule has 2 rings (SSSR count). The van der Waals surface area contributed by atoms with Crippen LogP contribution in [0.1, 0.15) is 24.4 Å². The molecule has 0 aliphatic carbocycles. The number of hydrogen-bond donors (Lipinski definition) is 1. The van der Waals surface area contributed by atoms with Crippen LogP contribution >= 0.6 is 11.3 Å². The fourth-order valence-corrected chi connectivity index (χ4v) is 3.34. The third-order valence-electron chi connectivity index (χ3n) is 3.43. The number of amides is 1. The summed E-state index contributed by atoms with van der Waals surface area (Å²) in [6, 6.07) is 3.53. The highest BCUT2D eigenvalue weighted by molar-refractivity contribution is 7.15. The molecule has 1 N–H and O–H groups in total. The summed E-state index contributed by atoms with van der Waals surface area (Å²) >= 11 is 1.39. The molecule has 0 fully saturated rings. The van der Waals surface area contributed by atoms with Crippen LogP contribution in [0, 0.1) is 5.92 Å². The van der Waals surface area contributed by atoms with Crippen LogP contribution in [0.15, 0.2) is 12.1 Å². The molecule has 1 heterocycles. The highest BCUT2D eigenvalue weighted by Gasteiger charge is 2.18. The summed E-state index contributed by atoms with van der Waals surface area (Å²) in [6.45, 7) is 4.23. The zero-order valence-electron chi connectivity index (χ0n) is 15.1. The molecule has 2 aromatic rings. The lowest BCUT2D eigenvalue weighted by molar-refractivity contribution is -0.115. The van der Waals surface area contributed by atoms with E-state index in [0.717, 1.165) is 11.4 Å². The summed E-state index contributed by atoms with van der Waals surface area (Å²) in [4.78, 5) is 12.3. The van der Waals surface area contributed by atoms with Crippen LogP contribution in [0.2, 0.25) is 0 Å². The maximum Gasteiger partial charge on any atom is 0.230 e. The average molecular weight is 365 g/mol. The normalized spacial score (nSPS) is 10.6. The SMILES string of the molecule is COc1ccc(CC(=O)Nc2nnc(CC(C)C)s2)c(OC)c1OC. The second-order valence-corrected chi connectivity index (χ2v) is 6.88. The van der Waals surface area contributed by atoms with Crippen molar-refractivity contribution >= 4 is 22.4 Å². The van der Waals surface area contributed by atoms with Gasteiger partial charge in [-0.05, 0) is 12.0 Å². The molecule has 0 bridgehead atoms. The Balaban J connectivity index is 2.11. The number of aromatic nitrogens is 2. The Morgan fingerprint density at radius 2 is 1.84 bits per heavy atom. The maximum absolute atomic E-state index is 12.3. The zero-order chi connectivity index (χ0) is 18.4. The Morgan fingerprint density at radius 3 is 2.44 bits per heavy atom. The molecule has 1 aromatic heterocycles. The van der Waals surface area contributed by atoms with Gasteiger partial charge in [-0.3, -0.25) is 4.79 Å². The molecule has 0 unspecified atom stereocenters. The van der Waals surface area contributed by atoms with Gasteiger partial charge in [-0.2, -0.15) is 0 Å². The van der Waals surface area contributed by atoms with E-state index in [0.29, 0.717) is 33.9 Å². The molecule has 7 nitrogen and oxygen atoms in total. The van der Waals surface area contributed by atoms with Crippen LogP contribution in [-0.2, 0) is 17.6 Å². The number of anilines is 1. The molecule has 25 heavy (non-hydrogen) atoms. The first-order valence-corrected chi connectivity index (χ1v) is 8.70. The largest absolute Gasteiger partial charge is 0.493 e. The second kappa shape index (κ2) is 8.66. The van der Waals surface area contributed by atoms with E-state index in [1.807, 2.05) is 0 Å². The van der Waals surface area contributed by atoms with Crippen molar-refractivity contribution in [3.05, 3.63) is 22.7 Å². The predicted octanol–water partition coefficient (Wildman–Crippen LogP) is 2.94. The van der Waals surface area contributed by atoms with Gasteiger partial charge in [-0.15, -0.1) is 10.2 Å². The molecule has 0 radical (unpaired) electrons. The molecule has 0 aliphatic heterocycles. The van der Waals surface area contributed by atoms with Gasteiger partial charge >= 0.3 is 0 Å². The van der Waals surface area contributed by atoms with Crippen molar-refractivity contribution in [1.29, 1.82) is 0 Å². The standard InChI is InChI=1S/C17H23N3O4S/c1-10(2)8-14-19-20-17(25-14)18-13(21)9-11-6-7-12(22-3)16(24-5)15(11)23-4/h6-7,10H,8-9H2,1-5H3,(H,18,20,21). The molecule has 0 saturated heterocycles. The van der Waals surface area contributed by atoms with Crippen LogP contribution in [-0.4, -0.2) is 37.4 Å². The summed E-state index contributed by atoms with van der Waals surface area (Å²) in [5.74, 6) is 1.79. The lowest BCUT2D eigenvalue weighted by atomic mass is 10.1. The average Bonchev–Trinajstić information content (AvgIpc) is 2.99. The van der Waals surface area contributed by atoms with Gasteiger partial charge in [-0.25, -0.2) is 0 Å². The zero-order valence-corrected chi connectivity index (χ0v) is 15.9. The van der Waals surface area contributed by atoms with Crippen molar-refractivity contribution in [2.24, 2.45) is 5.92 Å². The molecule has 0 atom stereocenters. The Kier molecular flexibility index (Phi) is 6.58. The third-order valence-corrected chi connectivity index (χ3v) is 4.29. The number of hydrogen-bond acceptors (Lipinski definition) is 7. The number of methoxy groups -OCH3 is 3. The molecular formula is C17H23N3O4S. The first kappa shape index (κ1) is 19.0. The Labute approximate surface area is 151 Å². The number of benzene rings is 1. The molecule has 0 aliphatic rings. The molecule has 8 heteroatoms. The van der Waals surface area contributed by atoms with E-state index in [-0.39, 0.29) is 12.3 Å². The third kappa shape index (κ3) is 4.82. The van der Waals surface area contributed by atoms with Gasteiger partial charge in [0.25, 0.3) is 0 Å². The second-order valence-electron chi connectivity index (χ2n) is 5.82. The number of nitrogens with zero attached hydrogens (tertiary/aromatic N) is 2. The van der Waals surface area contributed by atoms with Gasteiger partial charge in [0.05, 0.1) is 27.8 Å². The van der Waals surface area contributed by atoms with E-state index in [9.17, 15) is 4.79 Å². The number of nitrogens with one attached hydrogen (secondary N) is 1. The predicted molar refractivity (Wildman–Crippen MR) is 96.9 cm³/mol. The molecule has 1 amide bonds. The van der Waals surface area contributed by atoms with Crippen LogP contribution in [0.4, 0.5) is 5.13 Å². The van der Waals surface area contributed by atoms with Crippen LogP contribution in [0.3, 0.4) is 0 Å². The van der Waals surface area contributed by atoms with Gasteiger partial charge in [0, 0.05) is 12.0 Å². The number of carbonyl (C=O) groups excluding carboxylic acids is 1. The molecule has 0 saturated carbocycles. The van der Waals surface area contributed by atoms with Gasteiger partial charge in [0.1, 0.15) is 5.01 Å². The monoisotopic (exact) mass is 365 g/mol. The van der Waals surface area contributed by atoms with E-state index in [1.165, 1.54) is 25.6 Å². The minimum atomic E-state index is -0.197. The maximum atomic E-state index is 12.3. The van der Waals surface area contributed by atoms with Gasteiger partial charge < -0.3 is 19.5 Å². The lowest BCUT2D eigenvalue weighted by Crippen LogP contribution is -2.15. The number of rotatable bonds is 8. The van der Waals surface area contributed by atoms with E-state index in [2.05, 4.69) is 29.4 Å². The summed E-state index contributed by atoms with van der Waals surface area (Å²) in [5, 5.41) is 12.3. The molecule has 0 spiro atoms. The summed E-state index contributed by atoms with van der Waals surface area (Å²) in [6.07, 6.45) is 0.972.